The number of thiophene rings is 1. The van der Waals surface area contributed by atoms with Crippen LogP contribution in [0, 0.1) is 17.0 Å². The van der Waals surface area contributed by atoms with Crippen molar-refractivity contribution >= 4 is 50.8 Å². The molecule has 0 radical (unpaired) electrons. The zero-order valence-electron chi connectivity index (χ0n) is 19.3. The van der Waals surface area contributed by atoms with Gasteiger partial charge in [0.05, 0.1) is 22.6 Å². The molecular weight excluding hydrogens is 484 g/mol. The normalized spacial score (nSPS) is 11.1. The van der Waals surface area contributed by atoms with Gasteiger partial charge in [-0.05, 0) is 55.3 Å². The van der Waals surface area contributed by atoms with E-state index in [0.717, 1.165) is 21.6 Å². The topological polar surface area (TPSA) is 133 Å². The van der Waals surface area contributed by atoms with Crippen LogP contribution >= 0.6 is 11.3 Å². The summed E-state index contributed by atoms with van der Waals surface area (Å²) in [5.74, 6) is -1.20. The standard InChI is InChI=1S/C25H20N4O6S/c1-3-35-25(32)22-19-14-36-23(21(19)24(31)28(27-22)18-6-4-5-15(2)13-18)26-20(30)12-9-16-7-10-17(11-8-16)29(33)34/h4-14H,3H2,1-2H3,(H,26,30)/b12-9+. The molecular formula is C25H20N4O6S. The summed E-state index contributed by atoms with van der Waals surface area (Å²) in [7, 11) is 0. The number of fused-ring (bicyclic) bond motifs is 1. The van der Waals surface area contributed by atoms with Crippen molar-refractivity contribution in [2.75, 3.05) is 11.9 Å². The predicted octanol–water partition coefficient (Wildman–Crippen LogP) is 4.49. The van der Waals surface area contributed by atoms with Gasteiger partial charge in [0.25, 0.3) is 11.2 Å². The van der Waals surface area contributed by atoms with E-state index in [0.29, 0.717) is 11.3 Å². The Morgan fingerprint density at radius 3 is 2.64 bits per heavy atom. The van der Waals surface area contributed by atoms with E-state index in [1.807, 2.05) is 13.0 Å². The number of anilines is 1. The van der Waals surface area contributed by atoms with Crippen molar-refractivity contribution in [1.29, 1.82) is 0 Å². The summed E-state index contributed by atoms with van der Waals surface area (Å²) in [6, 6.07) is 12.8. The fourth-order valence-electron chi connectivity index (χ4n) is 3.46. The minimum atomic E-state index is -0.683. The smallest absolute Gasteiger partial charge is 0.359 e. The van der Waals surface area contributed by atoms with Gasteiger partial charge in [0.1, 0.15) is 5.00 Å². The lowest BCUT2D eigenvalue weighted by Gasteiger charge is -2.10. The molecule has 2 aromatic heterocycles. The first-order valence-corrected chi connectivity index (χ1v) is 11.7. The number of nitrogens with zero attached hydrogens (tertiary/aromatic N) is 3. The van der Waals surface area contributed by atoms with Crippen LogP contribution in [0.25, 0.3) is 22.5 Å². The van der Waals surface area contributed by atoms with Crippen molar-refractivity contribution < 1.29 is 19.2 Å². The third kappa shape index (κ3) is 5.05. The second-order valence-corrected chi connectivity index (χ2v) is 8.53. The van der Waals surface area contributed by atoms with E-state index in [9.17, 15) is 24.5 Å². The molecule has 0 saturated heterocycles. The molecule has 0 saturated carbocycles. The fourth-order valence-corrected chi connectivity index (χ4v) is 4.40. The van der Waals surface area contributed by atoms with Gasteiger partial charge in [0.15, 0.2) is 5.69 Å². The average Bonchev–Trinajstić information content (AvgIpc) is 3.27. The number of amides is 1. The Bertz CT molecular complexity index is 1570. The molecule has 0 atom stereocenters. The lowest BCUT2D eigenvalue weighted by Crippen LogP contribution is -2.25. The first-order valence-electron chi connectivity index (χ1n) is 10.8. The molecule has 36 heavy (non-hydrogen) atoms. The minimum Gasteiger partial charge on any atom is -0.461 e. The van der Waals surface area contributed by atoms with Crippen molar-refractivity contribution in [3.05, 3.63) is 97.3 Å². The molecule has 0 bridgehead atoms. The number of hydrogen-bond donors (Lipinski definition) is 1. The van der Waals surface area contributed by atoms with E-state index in [4.69, 9.17) is 4.74 Å². The molecule has 0 spiro atoms. The molecule has 0 unspecified atom stereocenters. The highest BCUT2D eigenvalue weighted by atomic mass is 32.1. The lowest BCUT2D eigenvalue weighted by atomic mass is 10.2. The summed E-state index contributed by atoms with van der Waals surface area (Å²) >= 11 is 1.09. The van der Waals surface area contributed by atoms with Crippen LogP contribution in [0.4, 0.5) is 10.7 Å². The monoisotopic (exact) mass is 504 g/mol. The van der Waals surface area contributed by atoms with Crippen LogP contribution in [0.1, 0.15) is 28.5 Å². The van der Waals surface area contributed by atoms with Gasteiger partial charge in [-0.25, -0.2) is 4.79 Å². The van der Waals surface area contributed by atoms with Crippen molar-refractivity contribution in [1.82, 2.24) is 9.78 Å². The van der Waals surface area contributed by atoms with Gasteiger partial charge >= 0.3 is 5.97 Å². The maximum atomic E-state index is 13.4. The molecule has 2 aromatic carbocycles. The van der Waals surface area contributed by atoms with Gasteiger partial charge in [0.2, 0.25) is 5.91 Å². The zero-order chi connectivity index (χ0) is 25.8. The van der Waals surface area contributed by atoms with Crippen molar-refractivity contribution in [2.45, 2.75) is 13.8 Å². The van der Waals surface area contributed by atoms with Crippen LogP contribution in [0.5, 0.6) is 0 Å². The van der Waals surface area contributed by atoms with E-state index in [2.05, 4.69) is 10.4 Å². The number of non-ortho nitro benzene ring substituents is 1. The van der Waals surface area contributed by atoms with E-state index in [1.165, 1.54) is 36.4 Å². The third-order valence-corrected chi connectivity index (χ3v) is 6.03. The maximum absolute atomic E-state index is 13.4. The van der Waals surface area contributed by atoms with E-state index in [1.54, 1.807) is 30.5 Å². The molecule has 11 heteroatoms. The summed E-state index contributed by atoms with van der Waals surface area (Å²) < 4.78 is 6.26. The van der Waals surface area contributed by atoms with E-state index >= 15 is 0 Å². The molecule has 4 rings (SSSR count). The Morgan fingerprint density at radius 2 is 1.97 bits per heavy atom. The fraction of sp³-hybridized carbons (Fsp3) is 0.120. The van der Waals surface area contributed by atoms with Gasteiger partial charge in [-0.3, -0.25) is 19.7 Å². The van der Waals surface area contributed by atoms with E-state index < -0.39 is 22.4 Å². The molecule has 1 amide bonds. The maximum Gasteiger partial charge on any atom is 0.359 e. The van der Waals surface area contributed by atoms with Crippen LogP contribution < -0.4 is 10.9 Å². The Labute approximate surface area is 208 Å². The number of ether oxygens (including phenoxy) is 1. The number of nitro benzene ring substituents is 1. The zero-order valence-corrected chi connectivity index (χ0v) is 20.1. The number of rotatable bonds is 7. The number of hydrogen-bond acceptors (Lipinski definition) is 8. The molecule has 10 nitrogen and oxygen atoms in total. The van der Waals surface area contributed by atoms with Gasteiger partial charge in [-0.2, -0.15) is 9.78 Å². The summed E-state index contributed by atoms with van der Waals surface area (Å²) in [5, 5.41) is 20.0. The summed E-state index contributed by atoms with van der Waals surface area (Å²) in [6.45, 7) is 3.67. The number of esters is 1. The number of carbonyl (C=O) groups excluding carboxylic acids is 2. The van der Waals surface area contributed by atoms with Crippen molar-refractivity contribution in [2.24, 2.45) is 0 Å². The number of nitrogens with one attached hydrogen (secondary N) is 1. The quantitative estimate of drug-likeness (QED) is 0.170. The highest BCUT2D eigenvalue weighted by Crippen LogP contribution is 2.30. The van der Waals surface area contributed by atoms with Crippen LogP contribution in [-0.4, -0.2) is 33.2 Å². The Morgan fingerprint density at radius 1 is 1.22 bits per heavy atom. The predicted molar refractivity (Wildman–Crippen MR) is 137 cm³/mol. The summed E-state index contributed by atoms with van der Waals surface area (Å²) in [4.78, 5) is 49.0. The Balaban J connectivity index is 1.72. The van der Waals surface area contributed by atoms with Crippen LogP contribution in [0.3, 0.4) is 0 Å². The van der Waals surface area contributed by atoms with Gasteiger partial charge in [-0.15, -0.1) is 11.3 Å². The Kier molecular flexibility index (Phi) is 7.02. The summed E-state index contributed by atoms with van der Waals surface area (Å²) in [5.41, 5.74) is 1.36. The number of carbonyl (C=O) groups is 2. The first-order chi connectivity index (χ1) is 17.3. The molecule has 0 aliphatic rings. The van der Waals surface area contributed by atoms with E-state index in [-0.39, 0.29) is 33.8 Å². The molecule has 4 aromatic rings. The molecule has 182 valence electrons. The minimum absolute atomic E-state index is 0.0360. The van der Waals surface area contributed by atoms with Gasteiger partial charge in [-0.1, -0.05) is 12.1 Å². The second kappa shape index (κ2) is 10.3. The molecule has 0 fully saturated rings. The molecule has 2 heterocycles. The lowest BCUT2D eigenvalue weighted by molar-refractivity contribution is -0.384. The highest BCUT2D eigenvalue weighted by Gasteiger charge is 2.23. The molecule has 0 aliphatic carbocycles. The number of benzene rings is 2. The van der Waals surface area contributed by atoms with Crippen molar-refractivity contribution in [3.63, 3.8) is 0 Å². The van der Waals surface area contributed by atoms with Crippen LogP contribution in [0.2, 0.25) is 0 Å². The van der Waals surface area contributed by atoms with Gasteiger partial charge < -0.3 is 10.1 Å². The Hall–Kier alpha value is -4.64. The van der Waals surface area contributed by atoms with Crippen molar-refractivity contribution in [3.8, 4) is 5.69 Å². The second-order valence-electron chi connectivity index (χ2n) is 7.65. The third-order valence-electron chi connectivity index (χ3n) is 5.14. The summed E-state index contributed by atoms with van der Waals surface area (Å²) in [6.07, 6.45) is 2.74. The number of aryl methyl sites for hydroxylation is 1. The van der Waals surface area contributed by atoms with Crippen LogP contribution in [0.15, 0.2) is 64.8 Å². The highest BCUT2D eigenvalue weighted by molar-refractivity contribution is 7.16. The number of nitro groups is 1. The molecule has 1 N–H and O–H groups in total. The average molecular weight is 505 g/mol. The van der Waals surface area contributed by atoms with Crippen LogP contribution in [-0.2, 0) is 9.53 Å². The first kappa shape index (κ1) is 24.5. The van der Waals surface area contributed by atoms with Gasteiger partial charge in [0, 0.05) is 29.0 Å². The number of aromatic nitrogens is 2. The SMILES string of the molecule is CCOC(=O)c1nn(-c2cccc(C)c2)c(=O)c2c(NC(=O)/C=C/c3ccc([N+](=O)[O-])cc3)scc12. The molecule has 0 aliphatic heterocycles. The largest absolute Gasteiger partial charge is 0.461 e.